The number of fused-ring (bicyclic) bond motifs is 3. The van der Waals surface area contributed by atoms with Crippen LogP contribution in [0, 0.1) is 5.92 Å². The Kier molecular flexibility index (Phi) is 3.37. The molecule has 1 saturated carbocycles. The number of rotatable bonds is 2. The summed E-state index contributed by atoms with van der Waals surface area (Å²) in [5, 5.41) is 9.87. The van der Waals surface area contributed by atoms with Crippen LogP contribution in [-0.4, -0.2) is 48.2 Å². The van der Waals surface area contributed by atoms with Crippen molar-refractivity contribution < 1.29 is 9.90 Å². The van der Waals surface area contributed by atoms with Crippen molar-refractivity contribution in [3.05, 3.63) is 29.8 Å². The normalized spacial score (nSPS) is 30.7. The number of nitrogens with zero attached hydrogens (tertiary/aromatic N) is 2. The fourth-order valence-corrected chi connectivity index (χ4v) is 4.77. The van der Waals surface area contributed by atoms with E-state index in [1.165, 1.54) is 24.1 Å². The van der Waals surface area contributed by atoms with Crippen molar-refractivity contribution in [3.8, 4) is 0 Å². The van der Waals surface area contributed by atoms with E-state index >= 15 is 0 Å². The van der Waals surface area contributed by atoms with E-state index in [9.17, 15) is 9.90 Å². The zero-order valence-corrected chi connectivity index (χ0v) is 13.1. The van der Waals surface area contributed by atoms with Gasteiger partial charge in [0.05, 0.1) is 18.7 Å². The van der Waals surface area contributed by atoms with Crippen molar-refractivity contribution in [2.45, 2.75) is 43.7 Å². The maximum Gasteiger partial charge on any atom is 0.226 e. The maximum atomic E-state index is 12.9. The number of benzene rings is 1. The summed E-state index contributed by atoms with van der Waals surface area (Å²) in [6.45, 7) is 0.939. The van der Waals surface area contributed by atoms with Gasteiger partial charge in [-0.25, -0.2) is 0 Å². The fraction of sp³-hybridized carbons (Fsp3) is 0.611. The molecule has 1 amide bonds. The Balaban J connectivity index is 1.64. The summed E-state index contributed by atoms with van der Waals surface area (Å²) in [5.41, 5.74) is 2.53. The minimum atomic E-state index is -0.0343. The molecule has 3 aliphatic rings. The predicted molar refractivity (Wildman–Crippen MR) is 85.9 cm³/mol. The molecule has 3 atom stereocenters. The van der Waals surface area contributed by atoms with Crippen molar-refractivity contribution >= 4 is 11.6 Å². The predicted octanol–water partition coefficient (Wildman–Crippen LogP) is 1.98. The first-order chi connectivity index (χ1) is 10.7. The Morgan fingerprint density at radius 2 is 2.00 bits per heavy atom. The third-order valence-corrected chi connectivity index (χ3v) is 5.86. The number of hydrogen-bond acceptors (Lipinski definition) is 3. The van der Waals surface area contributed by atoms with E-state index in [-0.39, 0.29) is 30.5 Å². The quantitative estimate of drug-likeness (QED) is 0.908. The van der Waals surface area contributed by atoms with E-state index in [0.717, 1.165) is 19.4 Å². The molecule has 0 bridgehead atoms. The highest BCUT2D eigenvalue weighted by atomic mass is 16.3. The summed E-state index contributed by atoms with van der Waals surface area (Å²) in [7, 11) is 2.10. The molecule has 2 aliphatic heterocycles. The van der Waals surface area contributed by atoms with Gasteiger partial charge >= 0.3 is 0 Å². The van der Waals surface area contributed by atoms with Crippen molar-refractivity contribution in [2.24, 2.45) is 5.92 Å². The van der Waals surface area contributed by atoms with E-state index in [2.05, 4.69) is 36.2 Å². The number of aliphatic hydroxyl groups excluding tert-OH is 1. The Morgan fingerprint density at radius 3 is 2.73 bits per heavy atom. The van der Waals surface area contributed by atoms with Crippen LogP contribution >= 0.6 is 0 Å². The van der Waals surface area contributed by atoms with Crippen LogP contribution in [0.4, 0.5) is 5.69 Å². The molecule has 22 heavy (non-hydrogen) atoms. The summed E-state index contributed by atoms with van der Waals surface area (Å²) in [6.07, 6.45) is 4.39. The van der Waals surface area contributed by atoms with Crippen LogP contribution in [-0.2, 0) is 4.79 Å². The van der Waals surface area contributed by atoms with Crippen molar-refractivity contribution in [1.29, 1.82) is 0 Å². The highest BCUT2D eigenvalue weighted by Crippen LogP contribution is 2.48. The molecule has 4 heteroatoms. The van der Waals surface area contributed by atoms with Crippen molar-refractivity contribution in [1.82, 2.24) is 4.90 Å². The topological polar surface area (TPSA) is 43.8 Å². The lowest BCUT2D eigenvalue weighted by molar-refractivity contribution is -0.154. The molecule has 118 valence electrons. The van der Waals surface area contributed by atoms with Gasteiger partial charge in [-0.05, 0) is 24.5 Å². The highest BCUT2D eigenvalue weighted by molar-refractivity contribution is 5.82. The van der Waals surface area contributed by atoms with Gasteiger partial charge in [0.15, 0.2) is 0 Å². The Morgan fingerprint density at radius 1 is 1.27 bits per heavy atom. The molecule has 1 N–H and O–H groups in total. The van der Waals surface area contributed by atoms with Gasteiger partial charge in [0, 0.05) is 31.1 Å². The zero-order chi connectivity index (χ0) is 15.3. The van der Waals surface area contributed by atoms with Crippen LogP contribution < -0.4 is 4.90 Å². The first-order valence-electron chi connectivity index (χ1n) is 8.45. The van der Waals surface area contributed by atoms with E-state index in [4.69, 9.17) is 0 Å². The number of hydrogen-bond donors (Lipinski definition) is 1. The second kappa shape index (κ2) is 5.27. The second-order valence-electron chi connectivity index (χ2n) is 7.01. The minimum Gasteiger partial charge on any atom is -0.394 e. The van der Waals surface area contributed by atoms with E-state index in [1.807, 2.05) is 4.90 Å². The minimum absolute atomic E-state index is 0.0343. The van der Waals surface area contributed by atoms with Gasteiger partial charge in [-0.15, -0.1) is 0 Å². The van der Waals surface area contributed by atoms with Gasteiger partial charge in [0.25, 0.3) is 0 Å². The largest absolute Gasteiger partial charge is 0.394 e. The molecule has 4 rings (SSSR count). The van der Waals surface area contributed by atoms with Crippen molar-refractivity contribution in [3.63, 3.8) is 0 Å². The van der Waals surface area contributed by atoms with Crippen LogP contribution in [0.1, 0.15) is 37.2 Å². The average Bonchev–Trinajstić information content (AvgIpc) is 3.05. The van der Waals surface area contributed by atoms with Crippen LogP contribution in [0.3, 0.4) is 0 Å². The number of aliphatic hydroxyl groups is 1. The molecule has 2 fully saturated rings. The van der Waals surface area contributed by atoms with Crippen LogP contribution in [0.15, 0.2) is 24.3 Å². The second-order valence-corrected chi connectivity index (χ2v) is 7.01. The number of carbonyl (C=O) groups is 1. The van der Waals surface area contributed by atoms with E-state index < -0.39 is 0 Å². The third-order valence-electron chi connectivity index (χ3n) is 5.86. The molecule has 0 aromatic heterocycles. The van der Waals surface area contributed by atoms with E-state index in [1.54, 1.807) is 0 Å². The summed E-state index contributed by atoms with van der Waals surface area (Å²) in [4.78, 5) is 17.1. The number of para-hydroxylation sites is 1. The van der Waals surface area contributed by atoms with E-state index in [0.29, 0.717) is 5.92 Å². The molecular weight excluding hydrogens is 276 g/mol. The summed E-state index contributed by atoms with van der Waals surface area (Å²) in [5.74, 6) is 0.769. The smallest absolute Gasteiger partial charge is 0.226 e. The molecule has 1 saturated heterocycles. The van der Waals surface area contributed by atoms with Crippen LogP contribution in [0.5, 0.6) is 0 Å². The first-order valence-corrected chi connectivity index (χ1v) is 8.45. The average molecular weight is 300 g/mol. The number of anilines is 1. The van der Waals surface area contributed by atoms with Gasteiger partial charge in [0.2, 0.25) is 5.91 Å². The lowest BCUT2D eigenvalue weighted by atomic mass is 9.71. The highest BCUT2D eigenvalue weighted by Gasteiger charge is 2.54. The monoisotopic (exact) mass is 300 g/mol. The summed E-state index contributed by atoms with van der Waals surface area (Å²) in [6, 6.07) is 8.61. The molecule has 1 aromatic rings. The Labute approximate surface area is 131 Å². The first kappa shape index (κ1) is 14.1. The summed E-state index contributed by atoms with van der Waals surface area (Å²) >= 11 is 0. The Hall–Kier alpha value is -1.55. The molecule has 4 nitrogen and oxygen atoms in total. The molecule has 2 heterocycles. The molecular formula is C18H24N2O2. The zero-order valence-electron chi connectivity index (χ0n) is 13.1. The van der Waals surface area contributed by atoms with Gasteiger partial charge in [0.1, 0.15) is 0 Å². The number of amides is 1. The molecule has 1 aromatic carbocycles. The number of likely N-dealkylation sites (tertiary alicyclic amines) is 1. The van der Waals surface area contributed by atoms with Gasteiger partial charge in [-0.2, -0.15) is 0 Å². The third kappa shape index (κ3) is 1.89. The fourth-order valence-electron chi connectivity index (χ4n) is 4.77. The standard InChI is InChI=1S/C18H24N2O2/c1-19-10-15-17(13-8-4-5-9-14(13)19)16(11-21)20(15)18(22)12-6-2-3-7-12/h4-5,8-9,12,15-17,21H,2-3,6-7,10-11H2,1H3/t15-,16-,17+/m1/s1. The van der Waals surface area contributed by atoms with Crippen molar-refractivity contribution in [2.75, 3.05) is 25.1 Å². The van der Waals surface area contributed by atoms with Crippen LogP contribution in [0.25, 0.3) is 0 Å². The SMILES string of the molecule is CN1C[C@@H]2[C@H](c3ccccc31)[C@@H](CO)N2C(=O)C1CCCC1. The van der Waals surface area contributed by atoms with Gasteiger partial charge in [-0.1, -0.05) is 31.0 Å². The number of likely N-dealkylation sites (N-methyl/N-ethyl adjacent to an activating group) is 1. The molecule has 0 spiro atoms. The summed E-state index contributed by atoms with van der Waals surface area (Å²) < 4.78 is 0. The maximum absolute atomic E-state index is 12.9. The van der Waals surface area contributed by atoms with Gasteiger partial charge in [-0.3, -0.25) is 4.79 Å². The lowest BCUT2D eigenvalue weighted by Crippen LogP contribution is -2.70. The molecule has 1 aliphatic carbocycles. The lowest BCUT2D eigenvalue weighted by Gasteiger charge is -2.59. The van der Waals surface area contributed by atoms with Crippen LogP contribution in [0.2, 0.25) is 0 Å². The number of carbonyl (C=O) groups excluding carboxylic acids is 1. The molecule has 0 unspecified atom stereocenters. The van der Waals surface area contributed by atoms with Gasteiger partial charge < -0.3 is 14.9 Å². The Bertz CT molecular complexity index is 582. The molecule has 0 radical (unpaired) electrons.